The number of likely N-dealkylation sites (N-methyl/N-ethyl adjacent to an activating group) is 1. The van der Waals surface area contributed by atoms with Crippen molar-refractivity contribution in [3.05, 3.63) is 105 Å². The summed E-state index contributed by atoms with van der Waals surface area (Å²) in [6, 6.07) is 12.1. The van der Waals surface area contributed by atoms with Crippen LogP contribution in [0.15, 0.2) is 65.7 Å². The highest BCUT2D eigenvalue weighted by molar-refractivity contribution is 7.89. The zero-order valence-corrected chi connectivity index (χ0v) is 32.2. The predicted molar refractivity (Wildman–Crippen MR) is 196 cm³/mol. The maximum atomic E-state index is 15.7. The van der Waals surface area contributed by atoms with Gasteiger partial charge in [-0.3, -0.25) is 9.36 Å². The standard InChI is InChI=1S/C37H44Cl2F2N4O5S/c1-37(2,24-11-17-29(38)33(20-24)50-7)34-23-42-35(44(34)26-14-12-25(40)13-15-26)18-16-28-30(39)21-27(22-31(28)41)51(48,49)43(3)32(36(46)47)10-8-9-19-45(4,5)6/h11-15,17,20-23,32H,8-10,16,18-19H2,1-7H3/p+1. The molecule has 0 radical (unpaired) electrons. The SMILES string of the molecule is COc1cc(C(C)(C)c2cnc(CCc3c(F)cc(S(=O)(=O)N(C)C(CCCC[N+](C)(C)C)C(=O)O)cc3Cl)n2-c2ccc(F)cc2)ccc1Cl. The van der Waals surface area contributed by atoms with E-state index < -0.39 is 44.0 Å². The topological polar surface area (TPSA) is 102 Å². The molecule has 0 spiro atoms. The van der Waals surface area contributed by atoms with E-state index in [4.69, 9.17) is 27.9 Å². The number of hydrogen-bond acceptors (Lipinski definition) is 5. The molecule has 0 aliphatic carbocycles. The van der Waals surface area contributed by atoms with Crippen molar-refractivity contribution < 1.29 is 36.3 Å². The number of aliphatic carboxylic acids is 1. The average molecular weight is 767 g/mol. The van der Waals surface area contributed by atoms with Gasteiger partial charge >= 0.3 is 5.97 Å². The molecule has 0 amide bonds. The van der Waals surface area contributed by atoms with Crippen molar-refractivity contribution in [1.82, 2.24) is 13.9 Å². The molecule has 1 atom stereocenters. The number of unbranched alkanes of at least 4 members (excludes halogenated alkanes) is 1. The fraction of sp³-hybridized carbons (Fsp3) is 0.405. The summed E-state index contributed by atoms with van der Waals surface area (Å²) < 4.78 is 65.6. The molecule has 4 rings (SSSR count). The number of quaternary nitrogens is 1. The third-order valence-corrected chi connectivity index (χ3v) is 11.6. The number of hydrogen-bond donors (Lipinski definition) is 1. The number of nitrogens with zero attached hydrogens (tertiary/aromatic N) is 4. The number of rotatable bonds is 16. The maximum absolute atomic E-state index is 15.7. The van der Waals surface area contributed by atoms with Gasteiger partial charge in [0.05, 0.1) is 50.4 Å². The van der Waals surface area contributed by atoms with E-state index in [1.54, 1.807) is 24.4 Å². The van der Waals surface area contributed by atoms with E-state index in [9.17, 15) is 22.7 Å². The van der Waals surface area contributed by atoms with E-state index in [2.05, 4.69) is 4.98 Å². The fourth-order valence-electron chi connectivity index (χ4n) is 6.00. The van der Waals surface area contributed by atoms with Crippen molar-refractivity contribution in [1.29, 1.82) is 0 Å². The minimum Gasteiger partial charge on any atom is -0.495 e. The Kier molecular flexibility index (Phi) is 12.6. The van der Waals surface area contributed by atoms with Gasteiger partial charge in [0.1, 0.15) is 29.3 Å². The van der Waals surface area contributed by atoms with E-state index in [1.807, 2.05) is 51.7 Å². The number of aromatic nitrogens is 2. The summed E-state index contributed by atoms with van der Waals surface area (Å²) in [5.41, 5.74) is 1.69. The average Bonchev–Trinajstić information content (AvgIpc) is 3.48. The fourth-order valence-corrected chi connectivity index (χ4v) is 7.95. The van der Waals surface area contributed by atoms with Crippen LogP contribution in [0.3, 0.4) is 0 Å². The van der Waals surface area contributed by atoms with Crippen LogP contribution in [0.5, 0.6) is 5.75 Å². The molecule has 0 aliphatic rings. The highest BCUT2D eigenvalue weighted by atomic mass is 35.5. The van der Waals surface area contributed by atoms with Gasteiger partial charge in [0.25, 0.3) is 0 Å². The molecule has 3 aromatic carbocycles. The molecule has 1 unspecified atom stereocenters. The molecule has 9 nitrogen and oxygen atoms in total. The van der Waals surface area contributed by atoms with Crippen LogP contribution < -0.4 is 4.74 Å². The summed E-state index contributed by atoms with van der Waals surface area (Å²) in [5.74, 6) is -1.51. The molecule has 0 fully saturated rings. The smallest absolute Gasteiger partial charge is 0.322 e. The van der Waals surface area contributed by atoms with Gasteiger partial charge in [-0.05, 0) is 79.8 Å². The first-order valence-electron chi connectivity index (χ1n) is 16.4. The first kappa shape index (κ1) is 40.2. The lowest BCUT2D eigenvalue weighted by molar-refractivity contribution is -0.870. The van der Waals surface area contributed by atoms with Gasteiger partial charge in [-0.2, -0.15) is 4.31 Å². The van der Waals surface area contributed by atoms with Gasteiger partial charge in [-0.25, -0.2) is 22.2 Å². The van der Waals surface area contributed by atoms with Crippen LogP contribution in [0.25, 0.3) is 5.69 Å². The van der Waals surface area contributed by atoms with Crippen LogP contribution in [0.4, 0.5) is 8.78 Å². The Morgan fingerprint density at radius 1 is 1.02 bits per heavy atom. The monoisotopic (exact) mass is 765 g/mol. The number of halogens is 4. The van der Waals surface area contributed by atoms with Crippen LogP contribution in [0, 0.1) is 11.6 Å². The number of aryl methyl sites for hydroxylation is 1. The van der Waals surface area contributed by atoms with Crippen molar-refractivity contribution in [3.63, 3.8) is 0 Å². The second kappa shape index (κ2) is 16.0. The van der Waals surface area contributed by atoms with Crippen LogP contribution in [0.2, 0.25) is 10.0 Å². The molecule has 1 aromatic heterocycles. The van der Waals surface area contributed by atoms with Crippen LogP contribution in [-0.4, -0.2) is 85.7 Å². The summed E-state index contributed by atoms with van der Waals surface area (Å²) in [6.07, 6.45) is 3.27. The van der Waals surface area contributed by atoms with Gasteiger partial charge in [-0.15, -0.1) is 0 Å². The molecule has 1 N–H and O–H groups in total. The Hall–Kier alpha value is -3.55. The Morgan fingerprint density at radius 2 is 1.69 bits per heavy atom. The molecule has 1 heterocycles. The lowest BCUT2D eigenvalue weighted by atomic mass is 9.81. The third kappa shape index (κ3) is 9.28. The second-order valence-electron chi connectivity index (χ2n) is 14.1. The summed E-state index contributed by atoms with van der Waals surface area (Å²) in [4.78, 5) is 16.4. The Balaban J connectivity index is 1.64. The summed E-state index contributed by atoms with van der Waals surface area (Å²) >= 11 is 12.8. The first-order chi connectivity index (χ1) is 23.8. The number of ether oxygens (including phenoxy) is 1. The lowest BCUT2D eigenvalue weighted by Gasteiger charge is -2.28. The zero-order chi connectivity index (χ0) is 37.9. The number of carbonyl (C=O) groups is 1. The van der Waals surface area contributed by atoms with Gasteiger partial charge in [0, 0.05) is 41.4 Å². The van der Waals surface area contributed by atoms with Gasteiger partial charge in [0.2, 0.25) is 10.0 Å². The minimum atomic E-state index is -4.41. The first-order valence-corrected chi connectivity index (χ1v) is 18.6. The van der Waals surface area contributed by atoms with Crippen molar-refractivity contribution in [2.24, 2.45) is 0 Å². The molecular weight excluding hydrogens is 721 g/mol. The zero-order valence-electron chi connectivity index (χ0n) is 29.9. The summed E-state index contributed by atoms with van der Waals surface area (Å²) in [7, 11) is 4.36. The summed E-state index contributed by atoms with van der Waals surface area (Å²) in [5, 5.41) is 10.2. The maximum Gasteiger partial charge on any atom is 0.322 e. The van der Waals surface area contributed by atoms with Crippen LogP contribution >= 0.6 is 23.2 Å². The Morgan fingerprint density at radius 3 is 2.27 bits per heavy atom. The molecule has 51 heavy (non-hydrogen) atoms. The van der Waals surface area contributed by atoms with E-state index in [0.29, 0.717) is 39.6 Å². The summed E-state index contributed by atoms with van der Waals surface area (Å²) in [6.45, 7) is 4.80. The second-order valence-corrected chi connectivity index (χ2v) is 16.9. The van der Waals surface area contributed by atoms with Crippen molar-refractivity contribution >= 4 is 39.2 Å². The predicted octanol–water partition coefficient (Wildman–Crippen LogP) is 7.53. The Labute approximate surface area is 309 Å². The molecule has 0 saturated carbocycles. The lowest BCUT2D eigenvalue weighted by Crippen LogP contribution is -2.42. The molecule has 0 bridgehead atoms. The third-order valence-electron chi connectivity index (χ3n) is 9.10. The quantitative estimate of drug-likeness (QED) is 0.0936. The molecule has 4 aromatic rings. The number of imidazole rings is 1. The molecule has 14 heteroatoms. The van der Waals surface area contributed by atoms with Crippen molar-refractivity contribution in [3.8, 4) is 11.4 Å². The Bertz CT molecular complexity index is 1960. The van der Waals surface area contributed by atoms with Crippen LogP contribution in [-0.2, 0) is 33.1 Å². The van der Waals surface area contributed by atoms with Crippen molar-refractivity contribution in [2.75, 3.05) is 41.8 Å². The molecule has 276 valence electrons. The number of sulfonamides is 1. The highest BCUT2D eigenvalue weighted by Gasteiger charge is 2.34. The number of carboxylic acids is 1. The number of methoxy groups -OCH3 is 1. The largest absolute Gasteiger partial charge is 0.495 e. The van der Waals surface area contributed by atoms with Gasteiger partial charge in [0.15, 0.2) is 0 Å². The van der Waals surface area contributed by atoms with Crippen LogP contribution in [0.1, 0.15) is 55.8 Å². The molecular formula is C37H45Cl2F2N4O5S+. The minimum absolute atomic E-state index is 0.0533. The van der Waals surface area contributed by atoms with E-state index >= 15 is 4.39 Å². The normalized spacial score (nSPS) is 13.1. The number of carboxylic acid groups (broad SMARTS) is 1. The molecule has 0 saturated heterocycles. The van der Waals surface area contributed by atoms with E-state index in [0.717, 1.165) is 34.2 Å². The van der Waals surface area contributed by atoms with E-state index in [-0.39, 0.29) is 29.8 Å². The van der Waals surface area contributed by atoms with E-state index in [1.165, 1.54) is 26.3 Å². The van der Waals surface area contributed by atoms with Crippen molar-refractivity contribution in [2.45, 2.75) is 62.3 Å². The molecule has 0 aliphatic heterocycles. The highest BCUT2D eigenvalue weighted by Crippen LogP contribution is 2.38. The van der Waals surface area contributed by atoms with Gasteiger partial charge < -0.3 is 14.3 Å². The number of benzene rings is 3. The van der Waals surface area contributed by atoms with Gasteiger partial charge in [-0.1, -0.05) is 43.1 Å².